The Morgan fingerprint density at radius 1 is 1.17 bits per heavy atom. The maximum atomic E-state index is 12.1. The van der Waals surface area contributed by atoms with E-state index in [1.807, 2.05) is 6.07 Å². The average Bonchev–Trinajstić information content (AvgIpc) is 2.35. The van der Waals surface area contributed by atoms with E-state index >= 15 is 0 Å². The van der Waals surface area contributed by atoms with Crippen LogP contribution in [0.5, 0.6) is 0 Å². The first kappa shape index (κ1) is 15.2. The zero-order chi connectivity index (χ0) is 13.6. The average molecular weight is 269 g/mol. The van der Waals surface area contributed by atoms with Gasteiger partial charge in [0.2, 0.25) is 0 Å². The minimum atomic E-state index is -3.14. The van der Waals surface area contributed by atoms with Gasteiger partial charge in [-0.15, -0.1) is 0 Å². The van der Waals surface area contributed by atoms with Crippen LogP contribution in [-0.2, 0) is 9.84 Å². The zero-order valence-corrected chi connectivity index (χ0v) is 12.3. The highest BCUT2D eigenvalue weighted by Gasteiger charge is 2.15. The van der Waals surface area contributed by atoms with Crippen LogP contribution < -0.4 is 0 Å². The smallest absolute Gasteiger partial charge is 0.179 e. The topological polar surface area (TPSA) is 37.4 Å². The second kappa shape index (κ2) is 6.90. The fourth-order valence-corrected chi connectivity index (χ4v) is 3.20. The van der Waals surface area contributed by atoms with Crippen molar-refractivity contribution < 1.29 is 8.42 Å². The van der Waals surface area contributed by atoms with Gasteiger partial charge in [0.05, 0.1) is 10.6 Å². The molecule has 0 atom stereocenters. The number of nitrogens with zero attached hydrogens (tertiary/aromatic N) is 1. The van der Waals surface area contributed by atoms with E-state index in [1.165, 1.54) is 0 Å². The van der Waals surface area contributed by atoms with E-state index in [0.29, 0.717) is 17.4 Å². The Hall–Kier alpha value is -0.870. The lowest BCUT2D eigenvalue weighted by Gasteiger charge is -2.22. The van der Waals surface area contributed by atoms with Crippen molar-refractivity contribution >= 4 is 9.84 Å². The molecule has 0 saturated heterocycles. The van der Waals surface area contributed by atoms with Crippen molar-refractivity contribution in [2.45, 2.75) is 25.7 Å². The third-order valence-electron chi connectivity index (χ3n) is 2.85. The summed E-state index contributed by atoms with van der Waals surface area (Å²) >= 11 is 0. The van der Waals surface area contributed by atoms with Gasteiger partial charge in [0, 0.05) is 13.1 Å². The second-order valence-corrected chi connectivity index (χ2v) is 7.03. The summed E-state index contributed by atoms with van der Waals surface area (Å²) in [5, 5.41) is 0. The molecule has 0 amide bonds. The van der Waals surface area contributed by atoms with Crippen molar-refractivity contribution in [3.8, 4) is 0 Å². The molecule has 1 rings (SSSR count). The predicted molar refractivity (Wildman–Crippen MR) is 75.4 cm³/mol. The molecule has 0 aliphatic rings. The molecule has 102 valence electrons. The summed E-state index contributed by atoms with van der Waals surface area (Å²) < 4.78 is 24.2. The fraction of sp³-hybridized carbons (Fsp3) is 0.571. The summed E-state index contributed by atoms with van der Waals surface area (Å²) in [6.07, 6.45) is 0. The third-order valence-corrected chi connectivity index (χ3v) is 4.56. The van der Waals surface area contributed by atoms with Crippen LogP contribution >= 0.6 is 0 Å². The summed E-state index contributed by atoms with van der Waals surface area (Å²) in [6, 6.07) is 8.68. The monoisotopic (exact) mass is 269 g/mol. The molecule has 0 saturated carbocycles. The molecule has 3 nitrogen and oxygen atoms in total. The van der Waals surface area contributed by atoms with Crippen LogP contribution in [0.25, 0.3) is 0 Å². The van der Waals surface area contributed by atoms with Gasteiger partial charge in [-0.05, 0) is 24.6 Å². The number of rotatable bonds is 7. The number of benzene rings is 1. The molecular weight excluding hydrogens is 246 g/mol. The molecule has 0 aliphatic carbocycles. The Kier molecular flexibility index (Phi) is 5.82. The quantitative estimate of drug-likeness (QED) is 0.763. The lowest BCUT2D eigenvalue weighted by Crippen LogP contribution is -2.32. The van der Waals surface area contributed by atoms with Crippen molar-refractivity contribution in [2.24, 2.45) is 5.92 Å². The summed E-state index contributed by atoms with van der Waals surface area (Å²) in [4.78, 5) is 2.61. The minimum absolute atomic E-state index is 0.192. The minimum Gasteiger partial charge on any atom is -0.302 e. The standard InChI is InChI=1S/C14H23NO2S/c1-4-15(12-13(2)3)10-11-18(16,17)14-8-6-5-7-9-14/h5-9,13H,4,10-12H2,1-3H3. The Morgan fingerprint density at radius 3 is 2.28 bits per heavy atom. The molecule has 0 aromatic heterocycles. The van der Waals surface area contributed by atoms with Crippen LogP contribution in [0.15, 0.2) is 35.2 Å². The van der Waals surface area contributed by atoms with Crippen molar-refractivity contribution in [3.05, 3.63) is 30.3 Å². The van der Waals surface area contributed by atoms with Crippen molar-refractivity contribution in [1.82, 2.24) is 4.90 Å². The van der Waals surface area contributed by atoms with Crippen LogP contribution in [0.4, 0.5) is 0 Å². The molecule has 1 aromatic rings. The first-order valence-electron chi connectivity index (χ1n) is 6.46. The fourth-order valence-electron chi connectivity index (χ4n) is 1.89. The van der Waals surface area contributed by atoms with Gasteiger partial charge in [-0.3, -0.25) is 0 Å². The largest absolute Gasteiger partial charge is 0.302 e. The van der Waals surface area contributed by atoms with Gasteiger partial charge in [0.1, 0.15) is 0 Å². The lowest BCUT2D eigenvalue weighted by molar-refractivity contribution is 0.270. The van der Waals surface area contributed by atoms with E-state index in [2.05, 4.69) is 25.7 Å². The van der Waals surface area contributed by atoms with Crippen LogP contribution in [-0.4, -0.2) is 38.7 Å². The van der Waals surface area contributed by atoms with Gasteiger partial charge < -0.3 is 4.90 Å². The first-order chi connectivity index (χ1) is 8.45. The van der Waals surface area contributed by atoms with Crippen LogP contribution in [0.3, 0.4) is 0 Å². The van der Waals surface area contributed by atoms with Gasteiger partial charge in [0.15, 0.2) is 9.84 Å². The lowest BCUT2D eigenvalue weighted by atomic mass is 10.2. The first-order valence-corrected chi connectivity index (χ1v) is 8.11. The summed E-state index contributed by atoms with van der Waals surface area (Å²) in [5.74, 6) is 0.752. The molecule has 0 aliphatic heterocycles. The van der Waals surface area contributed by atoms with Gasteiger partial charge in [-0.25, -0.2) is 8.42 Å². The highest BCUT2D eigenvalue weighted by molar-refractivity contribution is 7.91. The van der Waals surface area contributed by atoms with Crippen molar-refractivity contribution in [1.29, 1.82) is 0 Å². The van der Waals surface area contributed by atoms with Gasteiger partial charge in [-0.1, -0.05) is 39.0 Å². The molecule has 0 spiro atoms. The van der Waals surface area contributed by atoms with E-state index in [4.69, 9.17) is 0 Å². The Bertz CT molecular complexity index is 440. The molecule has 0 heterocycles. The number of hydrogen-bond acceptors (Lipinski definition) is 3. The van der Waals surface area contributed by atoms with E-state index in [0.717, 1.165) is 13.1 Å². The maximum Gasteiger partial charge on any atom is 0.179 e. The molecule has 0 unspecified atom stereocenters. The predicted octanol–water partition coefficient (Wildman–Crippen LogP) is 2.44. The number of hydrogen-bond donors (Lipinski definition) is 0. The SMILES string of the molecule is CCN(CCS(=O)(=O)c1ccccc1)CC(C)C. The molecule has 18 heavy (non-hydrogen) atoms. The third kappa shape index (κ3) is 4.78. The van der Waals surface area contributed by atoms with E-state index in [-0.39, 0.29) is 5.75 Å². The van der Waals surface area contributed by atoms with Crippen LogP contribution in [0.1, 0.15) is 20.8 Å². The molecule has 0 radical (unpaired) electrons. The van der Waals surface area contributed by atoms with E-state index in [9.17, 15) is 8.42 Å². The number of sulfone groups is 1. The molecule has 1 aromatic carbocycles. The highest BCUT2D eigenvalue weighted by Crippen LogP contribution is 2.10. The van der Waals surface area contributed by atoms with Crippen molar-refractivity contribution in [2.75, 3.05) is 25.4 Å². The molecule has 0 bridgehead atoms. The van der Waals surface area contributed by atoms with Crippen molar-refractivity contribution in [3.63, 3.8) is 0 Å². The Morgan fingerprint density at radius 2 is 1.78 bits per heavy atom. The highest BCUT2D eigenvalue weighted by atomic mass is 32.2. The Labute approximate surface area is 111 Å². The normalized spacial score (nSPS) is 12.3. The second-order valence-electron chi connectivity index (χ2n) is 4.92. The summed E-state index contributed by atoms with van der Waals surface area (Å²) in [5.41, 5.74) is 0. The Balaban J connectivity index is 2.62. The van der Waals surface area contributed by atoms with Crippen LogP contribution in [0.2, 0.25) is 0 Å². The molecular formula is C14H23NO2S. The molecule has 4 heteroatoms. The van der Waals surface area contributed by atoms with Gasteiger partial charge in [0.25, 0.3) is 0 Å². The summed E-state index contributed by atoms with van der Waals surface area (Å²) in [6.45, 7) is 8.80. The van der Waals surface area contributed by atoms with E-state index < -0.39 is 9.84 Å². The van der Waals surface area contributed by atoms with Crippen LogP contribution in [0, 0.1) is 5.92 Å². The van der Waals surface area contributed by atoms with Gasteiger partial charge in [-0.2, -0.15) is 0 Å². The summed E-state index contributed by atoms with van der Waals surface area (Å²) in [7, 11) is -3.14. The zero-order valence-electron chi connectivity index (χ0n) is 11.5. The molecule has 0 fully saturated rings. The van der Waals surface area contributed by atoms with E-state index in [1.54, 1.807) is 24.3 Å². The molecule has 0 N–H and O–H groups in total. The van der Waals surface area contributed by atoms with Gasteiger partial charge >= 0.3 is 0 Å². The maximum absolute atomic E-state index is 12.1.